The molecule has 0 bridgehead atoms. The molecule has 2 aliphatic rings. The molecule has 0 radical (unpaired) electrons. The maximum atomic E-state index is 12.7. The van der Waals surface area contributed by atoms with Crippen molar-refractivity contribution in [1.29, 1.82) is 0 Å². The van der Waals surface area contributed by atoms with Gasteiger partial charge in [-0.15, -0.1) is 0 Å². The van der Waals surface area contributed by atoms with Crippen LogP contribution in [0.1, 0.15) is 56.7 Å². The minimum Gasteiger partial charge on any atom is -0.344 e. The first-order chi connectivity index (χ1) is 11.3. The average molecular weight is 346 g/mol. The Morgan fingerprint density at radius 2 is 2.00 bits per heavy atom. The van der Waals surface area contributed by atoms with Crippen LogP contribution in [-0.2, 0) is 21.3 Å². The second-order valence-electron chi connectivity index (χ2n) is 6.21. The van der Waals surface area contributed by atoms with Gasteiger partial charge in [-0.05, 0) is 25.7 Å². The molecule has 132 valence electrons. The summed E-state index contributed by atoms with van der Waals surface area (Å²) in [7, 11) is 0. The van der Waals surface area contributed by atoms with Crippen LogP contribution in [0.25, 0.3) is 0 Å². The van der Waals surface area contributed by atoms with Crippen LogP contribution in [0, 0.1) is 0 Å². The van der Waals surface area contributed by atoms with Gasteiger partial charge in [-0.3, -0.25) is 9.59 Å². The van der Waals surface area contributed by atoms with Crippen molar-refractivity contribution >= 4 is 11.8 Å². The molecule has 10 heteroatoms. The molecular weight excluding hydrogens is 329 g/mol. The molecule has 1 saturated carbocycles. The van der Waals surface area contributed by atoms with Gasteiger partial charge in [0.05, 0.1) is 0 Å². The molecule has 1 aliphatic carbocycles. The summed E-state index contributed by atoms with van der Waals surface area (Å²) in [6, 6.07) is -0.683. The van der Waals surface area contributed by atoms with Crippen molar-refractivity contribution in [2.45, 2.75) is 62.7 Å². The monoisotopic (exact) mass is 346 g/mol. The van der Waals surface area contributed by atoms with Gasteiger partial charge in [-0.2, -0.15) is 18.2 Å². The summed E-state index contributed by atoms with van der Waals surface area (Å²) >= 11 is 0. The molecule has 1 aromatic rings. The zero-order valence-electron chi connectivity index (χ0n) is 12.8. The van der Waals surface area contributed by atoms with Crippen molar-refractivity contribution in [2.24, 2.45) is 0 Å². The topological polar surface area (TPSA) is 97.1 Å². The maximum absolute atomic E-state index is 12.7. The lowest BCUT2D eigenvalue weighted by Crippen LogP contribution is -2.54. The van der Waals surface area contributed by atoms with Crippen molar-refractivity contribution in [2.75, 3.05) is 0 Å². The van der Waals surface area contributed by atoms with E-state index in [1.54, 1.807) is 0 Å². The smallest absolute Gasteiger partial charge is 0.344 e. The van der Waals surface area contributed by atoms with E-state index < -0.39 is 29.6 Å². The fraction of sp³-hybridized carbons (Fsp3) is 0.714. The number of nitrogens with one attached hydrogen (secondary N) is 2. The largest absolute Gasteiger partial charge is 0.471 e. The van der Waals surface area contributed by atoms with Crippen LogP contribution in [0.4, 0.5) is 13.2 Å². The van der Waals surface area contributed by atoms with E-state index in [1.807, 2.05) is 0 Å². The lowest BCUT2D eigenvalue weighted by Gasteiger charge is -2.30. The molecule has 24 heavy (non-hydrogen) atoms. The van der Waals surface area contributed by atoms with Gasteiger partial charge in [-0.25, -0.2) is 0 Å². The first-order valence-corrected chi connectivity index (χ1v) is 7.83. The van der Waals surface area contributed by atoms with Gasteiger partial charge in [0.15, 0.2) is 5.82 Å². The van der Waals surface area contributed by atoms with E-state index in [-0.39, 0.29) is 11.7 Å². The van der Waals surface area contributed by atoms with Gasteiger partial charge < -0.3 is 15.2 Å². The molecule has 1 saturated heterocycles. The number of carbonyl (C=O) groups is 2. The SMILES string of the molecule is O=C1CCCC(C(=O)NC2(c3noc(C(F)(F)F)n3)CCCC2)N1. The Balaban J connectivity index is 1.80. The van der Waals surface area contributed by atoms with Gasteiger partial charge in [0, 0.05) is 6.42 Å². The molecule has 2 heterocycles. The number of rotatable bonds is 3. The first-order valence-electron chi connectivity index (χ1n) is 7.83. The Morgan fingerprint density at radius 3 is 2.58 bits per heavy atom. The first kappa shape index (κ1) is 16.7. The van der Waals surface area contributed by atoms with E-state index in [2.05, 4.69) is 25.3 Å². The van der Waals surface area contributed by atoms with Crippen molar-refractivity contribution < 1.29 is 27.3 Å². The summed E-state index contributed by atoms with van der Waals surface area (Å²) in [5.74, 6) is -2.23. The average Bonchev–Trinajstić information content (AvgIpc) is 3.16. The second-order valence-corrected chi connectivity index (χ2v) is 6.21. The zero-order valence-corrected chi connectivity index (χ0v) is 12.8. The quantitative estimate of drug-likeness (QED) is 0.867. The van der Waals surface area contributed by atoms with E-state index in [0.717, 1.165) is 12.8 Å². The Labute approximate surface area is 135 Å². The molecule has 2 amide bonds. The predicted octanol–water partition coefficient (Wildman–Crippen LogP) is 1.64. The minimum absolute atomic E-state index is 0.164. The normalized spacial score (nSPS) is 23.8. The zero-order chi connectivity index (χ0) is 17.4. The Kier molecular flexibility index (Phi) is 4.22. The number of hydrogen-bond donors (Lipinski definition) is 2. The van der Waals surface area contributed by atoms with Crippen molar-refractivity contribution in [3.8, 4) is 0 Å². The van der Waals surface area contributed by atoms with Crippen molar-refractivity contribution in [3.63, 3.8) is 0 Å². The van der Waals surface area contributed by atoms with Gasteiger partial charge in [-0.1, -0.05) is 18.0 Å². The molecule has 1 aromatic heterocycles. The second kappa shape index (κ2) is 6.06. The molecule has 1 atom stereocenters. The molecule has 2 N–H and O–H groups in total. The summed E-state index contributed by atoms with van der Waals surface area (Å²) in [5.41, 5.74) is -1.08. The van der Waals surface area contributed by atoms with Crippen LogP contribution >= 0.6 is 0 Å². The molecule has 1 unspecified atom stereocenters. The molecule has 0 aromatic carbocycles. The number of piperidine rings is 1. The molecule has 3 rings (SSSR count). The van der Waals surface area contributed by atoms with E-state index in [1.165, 1.54) is 0 Å². The number of nitrogens with zero attached hydrogens (tertiary/aromatic N) is 2. The number of aromatic nitrogens is 2. The highest BCUT2D eigenvalue weighted by Gasteiger charge is 2.46. The fourth-order valence-corrected chi connectivity index (χ4v) is 3.24. The molecule has 7 nitrogen and oxygen atoms in total. The number of hydrogen-bond acceptors (Lipinski definition) is 5. The third-order valence-electron chi connectivity index (χ3n) is 4.46. The minimum atomic E-state index is -4.73. The van der Waals surface area contributed by atoms with Gasteiger partial charge in [0.1, 0.15) is 11.6 Å². The van der Waals surface area contributed by atoms with E-state index in [9.17, 15) is 22.8 Å². The Bertz CT molecular complexity index is 637. The number of amides is 2. The van der Waals surface area contributed by atoms with Crippen LogP contribution in [0.3, 0.4) is 0 Å². The summed E-state index contributed by atoms with van der Waals surface area (Å²) in [6.07, 6.45) is -0.959. The van der Waals surface area contributed by atoms with Crippen LogP contribution in [0.5, 0.6) is 0 Å². The van der Waals surface area contributed by atoms with Crippen LogP contribution < -0.4 is 10.6 Å². The van der Waals surface area contributed by atoms with Gasteiger partial charge in [0.25, 0.3) is 0 Å². The van der Waals surface area contributed by atoms with E-state index in [0.29, 0.717) is 32.1 Å². The molecule has 1 aliphatic heterocycles. The lowest BCUT2D eigenvalue weighted by molar-refractivity contribution is -0.159. The van der Waals surface area contributed by atoms with E-state index in [4.69, 9.17) is 0 Å². The van der Waals surface area contributed by atoms with Crippen LogP contribution in [0.2, 0.25) is 0 Å². The highest BCUT2D eigenvalue weighted by atomic mass is 19.4. The van der Waals surface area contributed by atoms with Crippen LogP contribution in [0.15, 0.2) is 4.52 Å². The van der Waals surface area contributed by atoms with Crippen molar-refractivity contribution in [1.82, 2.24) is 20.8 Å². The van der Waals surface area contributed by atoms with Crippen molar-refractivity contribution in [3.05, 3.63) is 11.7 Å². The third-order valence-corrected chi connectivity index (χ3v) is 4.46. The van der Waals surface area contributed by atoms with Crippen LogP contribution in [-0.4, -0.2) is 28.0 Å². The van der Waals surface area contributed by atoms with Gasteiger partial charge in [0.2, 0.25) is 11.8 Å². The summed E-state index contributed by atoms with van der Waals surface area (Å²) < 4.78 is 42.3. The third kappa shape index (κ3) is 3.22. The Morgan fingerprint density at radius 1 is 1.29 bits per heavy atom. The molecule has 0 spiro atoms. The number of halogens is 3. The van der Waals surface area contributed by atoms with E-state index >= 15 is 0 Å². The number of carbonyl (C=O) groups excluding carboxylic acids is 2. The summed E-state index contributed by atoms with van der Waals surface area (Å²) in [5, 5.41) is 8.79. The predicted molar refractivity (Wildman–Crippen MR) is 73.4 cm³/mol. The maximum Gasteiger partial charge on any atom is 0.471 e. The molecular formula is C14H17F3N4O3. The highest BCUT2D eigenvalue weighted by molar-refractivity contribution is 5.89. The highest BCUT2D eigenvalue weighted by Crippen LogP contribution is 2.39. The standard InChI is InChI=1S/C14H17F3N4O3/c15-14(16,17)12-19-11(21-24-12)13(6-1-2-7-13)20-10(23)8-4-3-5-9(22)18-8/h8H,1-7H2,(H,18,22)(H,20,23). The lowest BCUT2D eigenvalue weighted by atomic mass is 9.94. The molecule has 2 fully saturated rings. The Hall–Kier alpha value is -2.13. The fourth-order valence-electron chi connectivity index (χ4n) is 3.24. The summed E-state index contributed by atoms with van der Waals surface area (Å²) in [4.78, 5) is 27.3. The number of alkyl halides is 3. The summed E-state index contributed by atoms with van der Waals surface area (Å²) in [6.45, 7) is 0. The van der Waals surface area contributed by atoms with Gasteiger partial charge >= 0.3 is 12.1 Å².